The van der Waals surface area contributed by atoms with Crippen molar-refractivity contribution in [2.75, 3.05) is 18.0 Å². The van der Waals surface area contributed by atoms with E-state index in [0.29, 0.717) is 19.0 Å². The fourth-order valence-corrected chi connectivity index (χ4v) is 1.52. The topological polar surface area (TPSA) is 84.1 Å². The van der Waals surface area contributed by atoms with Crippen molar-refractivity contribution in [3.05, 3.63) is 18.0 Å². The van der Waals surface area contributed by atoms with Gasteiger partial charge >= 0.3 is 0 Å². The van der Waals surface area contributed by atoms with Crippen molar-refractivity contribution in [2.45, 2.75) is 33.4 Å². The summed E-state index contributed by atoms with van der Waals surface area (Å²) in [5, 5.41) is 2.85. The lowest BCUT2D eigenvalue weighted by Gasteiger charge is -2.21. The van der Waals surface area contributed by atoms with Crippen molar-refractivity contribution in [1.29, 1.82) is 0 Å². The van der Waals surface area contributed by atoms with Gasteiger partial charge in [-0.25, -0.2) is 9.97 Å². The summed E-state index contributed by atoms with van der Waals surface area (Å²) < 4.78 is 0. The Labute approximate surface area is 108 Å². The zero-order chi connectivity index (χ0) is 13.5. The molecule has 6 heteroatoms. The van der Waals surface area contributed by atoms with Gasteiger partial charge in [0.05, 0.1) is 12.2 Å². The Kier molecular flexibility index (Phi) is 5.51. The Hall–Kier alpha value is -1.69. The largest absolute Gasteiger partial charge is 0.352 e. The minimum atomic E-state index is -0.0337. The molecule has 1 heterocycles. The number of likely N-dealkylation sites (N-methyl/N-ethyl adjacent to an activating group) is 1. The first kappa shape index (κ1) is 14.4. The van der Waals surface area contributed by atoms with Crippen LogP contribution >= 0.6 is 0 Å². The molecule has 3 N–H and O–H groups in total. The van der Waals surface area contributed by atoms with Crippen molar-refractivity contribution in [3.8, 4) is 0 Å². The van der Waals surface area contributed by atoms with E-state index in [0.717, 1.165) is 5.69 Å². The van der Waals surface area contributed by atoms with Crippen molar-refractivity contribution in [1.82, 2.24) is 15.3 Å². The summed E-state index contributed by atoms with van der Waals surface area (Å²) in [7, 11) is 0. The molecule has 6 nitrogen and oxygen atoms in total. The van der Waals surface area contributed by atoms with E-state index >= 15 is 0 Å². The van der Waals surface area contributed by atoms with E-state index in [9.17, 15) is 4.79 Å². The van der Waals surface area contributed by atoms with Crippen molar-refractivity contribution < 1.29 is 4.79 Å². The molecular formula is C12H21N5O. The van der Waals surface area contributed by atoms with Gasteiger partial charge < -0.3 is 16.0 Å². The molecule has 1 aromatic rings. The molecule has 0 spiro atoms. The standard InChI is InChI=1S/C12H21N5O/c1-4-17(8-11(18)15-9(2)3)12-14-6-5-10(7-13)16-12/h5-6,9H,4,7-8,13H2,1-3H3,(H,15,18). The number of hydrogen-bond acceptors (Lipinski definition) is 5. The second kappa shape index (κ2) is 6.90. The van der Waals surface area contributed by atoms with Crippen molar-refractivity contribution in [2.24, 2.45) is 5.73 Å². The van der Waals surface area contributed by atoms with Crippen LogP contribution in [-0.2, 0) is 11.3 Å². The molecule has 1 rings (SSSR count). The number of hydrogen-bond donors (Lipinski definition) is 2. The van der Waals surface area contributed by atoms with Crippen LogP contribution in [0, 0.1) is 0 Å². The van der Waals surface area contributed by atoms with Crippen molar-refractivity contribution >= 4 is 11.9 Å². The van der Waals surface area contributed by atoms with E-state index in [1.54, 1.807) is 12.3 Å². The zero-order valence-corrected chi connectivity index (χ0v) is 11.2. The minimum absolute atomic E-state index is 0.0337. The minimum Gasteiger partial charge on any atom is -0.352 e. The maximum atomic E-state index is 11.7. The van der Waals surface area contributed by atoms with Gasteiger partial charge in [0, 0.05) is 25.3 Å². The Balaban J connectivity index is 2.73. The van der Waals surface area contributed by atoms with Crippen LogP contribution in [0.25, 0.3) is 0 Å². The number of aromatic nitrogens is 2. The molecule has 0 aliphatic heterocycles. The second-order valence-electron chi connectivity index (χ2n) is 4.29. The molecule has 0 aliphatic carbocycles. The number of anilines is 1. The maximum Gasteiger partial charge on any atom is 0.239 e. The Morgan fingerprint density at radius 1 is 1.56 bits per heavy atom. The predicted octanol–water partition coefficient (Wildman–Crippen LogP) is 0.286. The number of amides is 1. The van der Waals surface area contributed by atoms with Gasteiger partial charge in [0.25, 0.3) is 0 Å². The Morgan fingerprint density at radius 2 is 2.28 bits per heavy atom. The third kappa shape index (κ3) is 4.29. The van der Waals surface area contributed by atoms with Gasteiger partial charge in [-0.05, 0) is 26.8 Å². The highest BCUT2D eigenvalue weighted by Gasteiger charge is 2.13. The summed E-state index contributed by atoms with van der Waals surface area (Å²) in [4.78, 5) is 22.0. The van der Waals surface area contributed by atoms with Gasteiger partial charge in [0.1, 0.15) is 0 Å². The summed E-state index contributed by atoms with van der Waals surface area (Å²) in [6.07, 6.45) is 1.66. The quantitative estimate of drug-likeness (QED) is 0.759. The number of rotatable bonds is 6. The molecule has 0 fully saturated rings. The first-order valence-corrected chi connectivity index (χ1v) is 6.13. The highest BCUT2D eigenvalue weighted by Crippen LogP contribution is 2.06. The molecule has 0 aliphatic rings. The summed E-state index contributed by atoms with van der Waals surface area (Å²) in [5.41, 5.74) is 6.31. The summed E-state index contributed by atoms with van der Waals surface area (Å²) in [5.74, 6) is 0.507. The molecule has 0 bridgehead atoms. The summed E-state index contributed by atoms with van der Waals surface area (Å²) >= 11 is 0. The molecule has 0 aromatic carbocycles. The molecule has 0 saturated heterocycles. The molecule has 1 amide bonds. The monoisotopic (exact) mass is 251 g/mol. The molecule has 1 aromatic heterocycles. The zero-order valence-electron chi connectivity index (χ0n) is 11.2. The lowest BCUT2D eigenvalue weighted by atomic mass is 10.3. The first-order chi connectivity index (χ1) is 8.56. The third-order valence-electron chi connectivity index (χ3n) is 2.36. The Bertz CT molecular complexity index is 394. The van der Waals surface area contributed by atoms with Gasteiger partial charge in [0.15, 0.2) is 0 Å². The number of carbonyl (C=O) groups excluding carboxylic acids is 1. The molecule has 0 saturated carbocycles. The van der Waals surface area contributed by atoms with Crippen LogP contribution in [0.15, 0.2) is 12.3 Å². The van der Waals surface area contributed by atoms with Gasteiger partial charge in [-0.1, -0.05) is 0 Å². The highest BCUT2D eigenvalue weighted by molar-refractivity contribution is 5.80. The van der Waals surface area contributed by atoms with Gasteiger partial charge in [-0.2, -0.15) is 0 Å². The average Bonchev–Trinajstić information content (AvgIpc) is 2.35. The number of nitrogens with zero attached hydrogens (tertiary/aromatic N) is 3. The summed E-state index contributed by atoms with van der Waals surface area (Å²) in [6.45, 7) is 7.11. The van der Waals surface area contributed by atoms with Crippen LogP contribution in [0.1, 0.15) is 26.5 Å². The normalized spacial score (nSPS) is 10.5. The van der Waals surface area contributed by atoms with Gasteiger partial charge in [0.2, 0.25) is 11.9 Å². The number of nitrogens with one attached hydrogen (secondary N) is 1. The molecule has 0 unspecified atom stereocenters. The fraction of sp³-hybridized carbons (Fsp3) is 0.583. The fourth-order valence-electron chi connectivity index (χ4n) is 1.52. The van der Waals surface area contributed by atoms with Crippen LogP contribution in [-0.4, -0.2) is 35.0 Å². The van der Waals surface area contributed by atoms with E-state index in [1.165, 1.54) is 0 Å². The third-order valence-corrected chi connectivity index (χ3v) is 2.36. The molecule has 18 heavy (non-hydrogen) atoms. The van der Waals surface area contributed by atoms with Crippen molar-refractivity contribution in [3.63, 3.8) is 0 Å². The van der Waals surface area contributed by atoms with Gasteiger partial charge in [-0.15, -0.1) is 0 Å². The smallest absolute Gasteiger partial charge is 0.239 e. The van der Waals surface area contributed by atoms with Crippen LogP contribution in [0.2, 0.25) is 0 Å². The summed E-state index contributed by atoms with van der Waals surface area (Å²) in [6, 6.07) is 1.90. The average molecular weight is 251 g/mol. The van der Waals surface area contributed by atoms with E-state index in [1.807, 2.05) is 25.7 Å². The lowest BCUT2D eigenvalue weighted by Crippen LogP contribution is -2.40. The van der Waals surface area contributed by atoms with Gasteiger partial charge in [-0.3, -0.25) is 4.79 Å². The van der Waals surface area contributed by atoms with E-state index in [2.05, 4.69) is 15.3 Å². The molecule has 0 atom stereocenters. The predicted molar refractivity (Wildman–Crippen MR) is 71.1 cm³/mol. The SMILES string of the molecule is CCN(CC(=O)NC(C)C)c1nccc(CN)n1. The molecular weight excluding hydrogens is 230 g/mol. The van der Waals surface area contributed by atoms with E-state index in [-0.39, 0.29) is 18.5 Å². The van der Waals surface area contributed by atoms with Crippen LogP contribution in [0.3, 0.4) is 0 Å². The second-order valence-corrected chi connectivity index (χ2v) is 4.29. The Morgan fingerprint density at radius 3 is 2.83 bits per heavy atom. The molecule has 100 valence electrons. The number of carbonyl (C=O) groups is 1. The van der Waals surface area contributed by atoms with Crippen LogP contribution < -0.4 is 16.0 Å². The van der Waals surface area contributed by atoms with E-state index in [4.69, 9.17) is 5.73 Å². The molecule has 0 radical (unpaired) electrons. The van der Waals surface area contributed by atoms with E-state index < -0.39 is 0 Å². The maximum absolute atomic E-state index is 11.7. The van der Waals surface area contributed by atoms with Crippen LogP contribution in [0.5, 0.6) is 0 Å². The highest BCUT2D eigenvalue weighted by atomic mass is 16.2. The van der Waals surface area contributed by atoms with Crippen LogP contribution in [0.4, 0.5) is 5.95 Å². The lowest BCUT2D eigenvalue weighted by molar-refractivity contribution is -0.120. The first-order valence-electron chi connectivity index (χ1n) is 6.13. The number of nitrogens with two attached hydrogens (primary N) is 1.